The van der Waals surface area contributed by atoms with Gasteiger partial charge in [0.2, 0.25) is 0 Å². The van der Waals surface area contributed by atoms with E-state index in [1.807, 2.05) is 6.07 Å². The highest BCUT2D eigenvalue weighted by Crippen LogP contribution is 2.31. The van der Waals surface area contributed by atoms with Gasteiger partial charge in [-0.05, 0) is 12.1 Å². The highest BCUT2D eigenvalue weighted by atomic mass is 32.2. The molecule has 5 nitrogen and oxygen atoms in total. The van der Waals surface area contributed by atoms with Crippen LogP contribution in [0.25, 0.3) is 0 Å². The molecule has 1 aromatic rings. The smallest absolute Gasteiger partial charge is 0.284 e. The number of benzene rings is 1. The number of nitriles is 1. The summed E-state index contributed by atoms with van der Waals surface area (Å²) in [6, 6.07) is 6.19. The Kier molecular flexibility index (Phi) is 4.43. The Morgan fingerprint density at radius 3 is 2.71 bits per heavy atom. The Bertz CT molecular complexity index is 509. The van der Waals surface area contributed by atoms with Crippen molar-refractivity contribution in [3.05, 3.63) is 33.9 Å². The lowest BCUT2D eigenvalue weighted by atomic mass is 10.2. The van der Waals surface area contributed by atoms with Crippen LogP contribution in [0.2, 0.25) is 0 Å². The van der Waals surface area contributed by atoms with Crippen molar-refractivity contribution in [2.24, 2.45) is 0 Å². The molecular weight excluding hydrogens is 258 g/mol. The summed E-state index contributed by atoms with van der Waals surface area (Å²) < 4.78 is 0.526. The Hall–Kier alpha value is -1.65. The molecule has 1 aromatic carbocycles. The molecule has 88 valence electrons. The Morgan fingerprint density at radius 1 is 1.59 bits per heavy atom. The van der Waals surface area contributed by atoms with Crippen molar-refractivity contribution in [3.63, 3.8) is 0 Å². The predicted octanol–water partition coefficient (Wildman–Crippen LogP) is 2.41. The van der Waals surface area contributed by atoms with Crippen LogP contribution in [-0.4, -0.2) is 28.2 Å². The number of thiocarbonyl (C=S) groups is 1. The van der Waals surface area contributed by atoms with Gasteiger partial charge in [0.15, 0.2) is 0 Å². The summed E-state index contributed by atoms with van der Waals surface area (Å²) in [5, 5.41) is 19.6. The molecule has 7 heteroatoms. The van der Waals surface area contributed by atoms with Gasteiger partial charge >= 0.3 is 0 Å². The lowest BCUT2D eigenvalue weighted by Crippen LogP contribution is -2.15. The van der Waals surface area contributed by atoms with E-state index >= 15 is 0 Å². The SMILES string of the molecule is CN(C)C(=S)Sc1ccc(C#N)cc1[N+](=O)[O-]. The van der Waals surface area contributed by atoms with Gasteiger partial charge in [0.05, 0.1) is 21.5 Å². The molecule has 0 heterocycles. The maximum Gasteiger partial charge on any atom is 0.284 e. The molecule has 0 bridgehead atoms. The van der Waals surface area contributed by atoms with Crippen molar-refractivity contribution in [3.8, 4) is 6.07 Å². The van der Waals surface area contributed by atoms with E-state index in [9.17, 15) is 10.1 Å². The van der Waals surface area contributed by atoms with E-state index in [0.29, 0.717) is 9.22 Å². The molecule has 17 heavy (non-hydrogen) atoms. The normalized spacial score (nSPS) is 9.47. The molecule has 0 aliphatic heterocycles. The Balaban J connectivity index is 3.12. The second kappa shape index (κ2) is 5.61. The van der Waals surface area contributed by atoms with Crippen LogP contribution >= 0.6 is 24.0 Å². The largest absolute Gasteiger partial charge is 0.363 e. The summed E-state index contributed by atoms with van der Waals surface area (Å²) in [5.74, 6) is 0. The predicted molar refractivity (Wildman–Crippen MR) is 70.0 cm³/mol. The van der Waals surface area contributed by atoms with Gasteiger partial charge < -0.3 is 4.90 Å². The van der Waals surface area contributed by atoms with Crippen LogP contribution in [0.1, 0.15) is 5.56 Å². The standard InChI is InChI=1S/C10H9N3O2S2/c1-12(2)10(16)17-9-4-3-7(6-11)5-8(9)13(14)15/h3-5H,1-2H3. The lowest BCUT2D eigenvalue weighted by Gasteiger charge is -2.12. The third-order valence-corrected chi connectivity index (χ3v) is 3.57. The molecular formula is C10H9N3O2S2. The van der Waals surface area contributed by atoms with Crippen LogP contribution in [0.5, 0.6) is 0 Å². The van der Waals surface area contributed by atoms with Crippen molar-refractivity contribution in [1.29, 1.82) is 5.26 Å². The highest BCUT2D eigenvalue weighted by molar-refractivity contribution is 8.23. The van der Waals surface area contributed by atoms with Crippen LogP contribution in [0, 0.1) is 21.4 Å². The maximum atomic E-state index is 10.9. The molecule has 0 spiro atoms. The number of hydrogen-bond acceptors (Lipinski definition) is 5. The van der Waals surface area contributed by atoms with E-state index in [-0.39, 0.29) is 11.3 Å². The van der Waals surface area contributed by atoms with E-state index in [0.717, 1.165) is 11.8 Å². The van der Waals surface area contributed by atoms with Gasteiger partial charge in [-0.25, -0.2) is 0 Å². The monoisotopic (exact) mass is 267 g/mol. The van der Waals surface area contributed by atoms with E-state index in [1.54, 1.807) is 19.0 Å². The van der Waals surface area contributed by atoms with Gasteiger partial charge in [-0.3, -0.25) is 10.1 Å². The molecule has 0 fully saturated rings. The van der Waals surface area contributed by atoms with Crippen LogP contribution < -0.4 is 0 Å². The van der Waals surface area contributed by atoms with E-state index in [4.69, 9.17) is 17.5 Å². The molecule has 0 N–H and O–H groups in total. The summed E-state index contributed by atoms with van der Waals surface area (Å²) >= 11 is 6.20. The zero-order valence-electron chi connectivity index (χ0n) is 9.21. The zero-order valence-corrected chi connectivity index (χ0v) is 10.8. The molecule has 0 aliphatic carbocycles. The third kappa shape index (κ3) is 3.41. The number of nitro groups is 1. The fraction of sp³-hybridized carbons (Fsp3) is 0.200. The third-order valence-electron chi connectivity index (χ3n) is 1.85. The first-order valence-corrected chi connectivity index (χ1v) is 5.76. The topological polar surface area (TPSA) is 70.2 Å². The minimum absolute atomic E-state index is 0.0988. The first-order chi connectivity index (χ1) is 7.95. The summed E-state index contributed by atoms with van der Waals surface area (Å²) in [6.07, 6.45) is 0. The van der Waals surface area contributed by atoms with Gasteiger partial charge in [0.1, 0.15) is 4.32 Å². The second-order valence-corrected chi connectivity index (χ2v) is 4.99. The number of rotatable bonds is 2. The minimum Gasteiger partial charge on any atom is -0.363 e. The minimum atomic E-state index is -0.512. The maximum absolute atomic E-state index is 10.9. The van der Waals surface area contributed by atoms with Crippen LogP contribution in [0.4, 0.5) is 5.69 Å². The van der Waals surface area contributed by atoms with Gasteiger partial charge in [-0.1, -0.05) is 24.0 Å². The molecule has 0 aliphatic rings. The number of nitro benzene ring substituents is 1. The van der Waals surface area contributed by atoms with Crippen LogP contribution in [0.3, 0.4) is 0 Å². The summed E-state index contributed by atoms with van der Waals surface area (Å²) in [7, 11) is 3.54. The van der Waals surface area contributed by atoms with Gasteiger partial charge in [0, 0.05) is 20.2 Å². The van der Waals surface area contributed by atoms with Crippen molar-refractivity contribution in [1.82, 2.24) is 4.90 Å². The van der Waals surface area contributed by atoms with Crippen molar-refractivity contribution in [2.75, 3.05) is 14.1 Å². The molecule has 0 saturated carbocycles. The molecule has 0 radical (unpaired) electrons. The van der Waals surface area contributed by atoms with Gasteiger partial charge in [-0.15, -0.1) is 0 Å². The number of nitrogens with zero attached hydrogens (tertiary/aromatic N) is 3. The molecule has 0 amide bonds. The van der Waals surface area contributed by atoms with Crippen LogP contribution in [-0.2, 0) is 0 Å². The second-order valence-electron chi connectivity index (χ2n) is 3.31. The average molecular weight is 267 g/mol. The molecule has 0 unspecified atom stereocenters. The van der Waals surface area contributed by atoms with E-state index in [2.05, 4.69) is 0 Å². The van der Waals surface area contributed by atoms with E-state index < -0.39 is 4.92 Å². The lowest BCUT2D eigenvalue weighted by molar-refractivity contribution is -0.387. The molecule has 0 saturated heterocycles. The number of thioether (sulfide) groups is 1. The Morgan fingerprint density at radius 2 is 2.24 bits per heavy atom. The summed E-state index contributed by atoms with van der Waals surface area (Å²) in [6.45, 7) is 0. The van der Waals surface area contributed by atoms with Crippen molar-refractivity contribution >= 4 is 34.0 Å². The summed E-state index contributed by atoms with van der Waals surface area (Å²) in [5.41, 5.74) is 0.162. The molecule has 0 atom stereocenters. The van der Waals surface area contributed by atoms with Gasteiger partial charge in [-0.2, -0.15) is 5.26 Å². The first-order valence-electron chi connectivity index (χ1n) is 4.53. The number of hydrogen-bond donors (Lipinski definition) is 0. The van der Waals surface area contributed by atoms with Gasteiger partial charge in [0.25, 0.3) is 5.69 Å². The fourth-order valence-electron chi connectivity index (χ4n) is 1.00. The average Bonchev–Trinajstić information content (AvgIpc) is 2.29. The summed E-state index contributed by atoms with van der Waals surface area (Å²) in [4.78, 5) is 12.5. The highest BCUT2D eigenvalue weighted by Gasteiger charge is 2.17. The fourth-order valence-corrected chi connectivity index (χ4v) is 2.02. The quantitative estimate of drug-likeness (QED) is 0.355. The molecule has 1 rings (SSSR count). The molecule has 0 aromatic heterocycles. The zero-order chi connectivity index (χ0) is 13.0. The van der Waals surface area contributed by atoms with Crippen molar-refractivity contribution in [2.45, 2.75) is 4.90 Å². The first kappa shape index (κ1) is 13.4. The van der Waals surface area contributed by atoms with Crippen LogP contribution in [0.15, 0.2) is 23.1 Å². The Labute approximate surface area is 108 Å². The van der Waals surface area contributed by atoms with E-state index in [1.165, 1.54) is 18.2 Å². The van der Waals surface area contributed by atoms with Crippen molar-refractivity contribution < 1.29 is 4.92 Å².